The van der Waals surface area contributed by atoms with Gasteiger partial charge in [-0.2, -0.15) is 0 Å². The molecule has 0 amide bonds. The van der Waals surface area contributed by atoms with Crippen LogP contribution in [0.15, 0.2) is 23.3 Å². The molecule has 0 saturated heterocycles. The smallest absolute Gasteiger partial charge is 0.0594 e. The lowest BCUT2D eigenvalue weighted by Gasteiger charge is -2.64. The average Bonchev–Trinajstić information content (AvgIpc) is 2.96. The third kappa shape index (κ3) is 3.34. The van der Waals surface area contributed by atoms with Crippen molar-refractivity contribution in [3.63, 3.8) is 0 Å². The molecule has 1 N–H and O–H groups in total. The van der Waals surface area contributed by atoms with Gasteiger partial charge in [0.1, 0.15) is 0 Å². The fourth-order valence-electron chi connectivity index (χ4n) is 9.51. The Morgan fingerprint density at radius 3 is 2.42 bits per heavy atom. The number of fused-ring (bicyclic) bond motifs is 5. The molecule has 0 aromatic rings. The summed E-state index contributed by atoms with van der Waals surface area (Å²) in [6.07, 6.45) is 16.5. The molecule has 31 heavy (non-hydrogen) atoms. The van der Waals surface area contributed by atoms with Gasteiger partial charge < -0.3 is 5.11 Å². The van der Waals surface area contributed by atoms with E-state index in [0.717, 1.165) is 24.2 Å². The van der Waals surface area contributed by atoms with E-state index in [2.05, 4.69) is 67.5 Å². The van der Waals surface area contributed by atoms with Crippen LogP contribution in [0.3, 0.4) is 0 Å². The molecule has 8 atom stereocenters. The maximum Gasteiger partial charge on any atom is 0.0594 e. The normalized spacial score (nSPS) is 46.9. The lowest BCUT2D eigenvalue weighted by Crippen LogP contribution is -2.57. The number of allylic oxidation sites excluding steroid dienone is 4. The van der Waals surface area contributed by atoms with Crippen molar-refractivity contribution in [1.82, 2.24) is 0 Å². The first-order chi connectivity index (χ1) is 14.4. The van der Waals surface area contributed by atoms with E-state index in [0.29, 0.717) is 22.2 Å². The first-order valence-corrected chi connectivity index (χ1v) is 13.4. The van der Waals surface area contributed by atoms with E-state index in [4.69, 9.17) is 0 Å². The van der Waals surface area contributed by atoms with Crippen molar-refractivity contribution in [3.8, 4) is 0 Å². The quantitative estimate of drug-likeness (QED) is 0.448. The van der Waals surface area contributed by atoms with Crippen molar-refractivity contribution in [2.24, 2.45) is 45.3 Å². The lowest BCUT2D eigenvalue weighted by atomic mass is 9.41. The van der Waals surface area contributed by atoms with Gasteiger partial charge in [0, 0.05) is 0 Å². The number of hydrogen-bond acceptors (Lipinski definition) is 1. The van der Waals surface area contributed by atoms with Gasteiger partial charge >= 0.3 is 0 Å². The lowest BCUT2D eigenvalue weighted by molar-refractivity contribution is -0.118. The summed E-state index contributed by atoms with van der Waals surface area (Å²) in [4.78, 5) is 0. The van der Waals surface area contributed by atoms with Crippen molar-refractivity contribution >= 4 is 0 Å². The van der Waals surface area contributed by atoms with E-state index in [1.54, 1.807) is 5.57 Å². The summed E-state index contributed by atoms with van der Waals surface area (Å²) in [6.45, 7) is 19.6. The van der Waals surface area contributed by atoms with E-state index in [-0.39, 0.29) is 11.5 Å². The van der Waals surface area contributed by atoms with E-state index in [1.807, 2.05) is 0 Å². The molecule has 3 fully saturated rings. The van der Waals surface area contributed by atoms with Crippen molar-refractivity contribution in [1.29, 1.82) is 0 Å². The van der Waals surface area contributed by atoms with Gasteiger partial charge in [-0.25, -0.2) is 0 Å². The van der Waals surface area contributed by atoms with Crippen molar-refractivity contribution in [2.45, 2.75) is 119 Å². The van der Waals surface area contributed by atoms with E-state index in [9.17, 15) is 5.11 Å². The Kier molecular flexibility index (Phi) is 5.90. The zero-order chi connectivity index (χ0) is 22.8. The molecule has 0 radical (unpaired) electrons. The maximum absolute atomic E-state index is 10.8. The Balaban J connectivity index is 1.63. The van der Waals surface area contributed by atoms with Crippen molar-refractivity contribution in [2.75, 3.05) is 0 Å². The molecule has 0 spiro atoms. The van der Waals surface area contributed by atoms with Gasteiger partial charge in [-0.15, -0.1) is 0 Å². The highest BCUT2D eigenvalue weighted by Crippen LogP contribution is 2.73. The van der Waals surface area contributed by atoms with E-state index < -0.39 is 0 Å². The Hall–Kier alpha value is -0.560. The van der Waals surface area contributed by atoms with Gasteiger partial charge in [-0.3, -0.25) is 0 Å². The predicted octanol–water partition coefficient (Wildman–Crippen LogP) is 8.34. The Morgan fingerprint density at radius 1 is 1.03 bits per heavy atom. The van der Waals surface area contributed by atoms with Crippen LogP contribution >= 0.6 is 0 Å². The molecular formula is C30H50O. The zero-order valence-corrected chi connectivity index (χ0v) is 21.9. The number of aliphatic hydroxyl groups excluding tert-OH is 1. The molecule has 0 aliphatic heterocycles. The Morgan fingerprint density at radius 2 is 1.74 bits per heavy atom. The molecule has 0 heterocycles. The summed E-state index contributed by atoms with van der Waals surface area (Å²) < 4.78 is 0. The SMILES string of the molecule is CC(C)=CCC[C@@H](C)[C@H]1CC[C@@]2(C)[C@@H]3CC[C@@H]4C(C)(C)[C@@H](O)CC[C@]4(C)C3=CC[C@]12C. The third-order valence-corrected chi connectivity index (χ3v) is 11.7. The first kappa shape index (κ1) is 23.6. The molecule has 0 unspecified atom stereocenters. The predicted molar refractivity (Wildman–Crippen MR) is 133 cm³/mol. The van der Waals surface area contributed by atoms with Gasteiger partial charge in [0.2, 0.25) is 0 Å². The van der Waals surface area contributed by atoms with Crippen LogP contribution in [-0.2, 0) is 0 Å². The maximum atomic E-state index is 10.8. The second-order valence-corrected chi connectivity index (χ2v) is 13.7. The van der Waals surface area contributed by atoms with Crippen LogP contribution in [-0.4, -0.2) is 11.2 Å². The molecule has 3 saturated carbocycles. The standard InChI is InChI=1S/C30H50O/c1-20(2)10-9-11-21(3)22-14-18-30(8)24-12-13-25-27(4,5)26(31)16-17-28(25,6)23(24)15-19-29(22,30)7/h10,15,21-22,24-26,31H,9,11-14,16-19H2,1-8H3/t21-,22-,24-,25-,26+,28-,29-,30+/m1/s1. The average molecular weight is 427 g/mol. The second kappa shape index (κ2) is 7.75. The molecule has 4 rings (SSSR count). The molecule has 176 valence electrons. The highest BCUT2D eigenvalue weighted by Gasteiger charge is 2.65. The second-order valence-electron chi connectivity index (χ2n) is 13.7. The molecular weight excluding hydrogens is 376 g/mol. The minimum absolute atomic E-state index is 0.0398. The van der Waals surface area contributed by atoms with Gasteiger partial charge in [-0.05, 0) is 117 Å². The minimum atomic E-state index is -0.135. The fourth-order valence-corrected chi connectivity index (χ4v) is 9.51. The van der Waals surface area contributed by atoms with Crippen LogP contribution in [0.1, 0.15) is 113 Å². The van der Waals surface area contributed by atoms with Gasteiger partial charge in [0.15, 0.2) is 0 Å². The number of rotatable bonds is 4. The third-order valence-electron chi connectivity index (χ3n) is 11.7. The molecule has 0 aromatic carbocycles. The van der Waals surface area contributed by atoms with Crippen LogP contribution in [0.2, 0.25) is 0 Å². The van der Waals surface area contributed by atoms with Crippen molar-refractivity contribution in [3.05, 3.63) is 23.3 Å². The minimum Gasteiger partial charge on any atom is -0.393 e. The summed E-state index contributed by atoms with van der Waals surface area (Å²) in [7, 11) is 0. The zero-order valence-electron chi connectivity index (χ0n) is 21.9. The summed E-state index contributed by atoms with van der Waals surface area (Å²) in [5.41, 5.74) is 4.49. The van der Waals surface area contributed by atoms with Crippen LogP contribution < -0.4 is 0 Å². The van der Waals surface area contributed by atoms with E-state index in [1.165, 1.54) is 56.9 Å². The summed E-state index contributed by atoms with van der Waals surface area (Å²) >= 11 is 0. The molecule has 0 bridgehead atoms. The highest BCUT2D eigenvalue weighted by atomic mass is 16.3. The number of aliphatic hydroxyl groups is 1. The fraction of sp³-hybridized carbons (Fsp3) is 0.867. The largest absolute Gasteiger partial charge is 0.393 e. The Bertz CT molecular complexity index is 754. The van der Waals surface area contributed by atoms with Gasteiger partial charge in [0.25, 0.3) is 0 Å². The molecule has 1 nitrogen and oxygen atoms in total. The van der Waals surface area contributed by atoms with Gasteiger partial charge in [0.05, 0.1) is 6.10 Å². The van der Waals surface area contributed by atoms with E-state index >= 15 is 0 Å². The van der Waals surface area contributed by atoms with Crippen LogP contribution in [0.25, 0.3) is 0 Å². The summed E-state index contributed by atoms with van der Waals surface area (Å²) in [5, 5.41) is 10.8. The first-order valence-electron chi connectivity index (χ1n) is 13.4. The Labute approximate surface area is 193 Å². The monoisotopic (exact) mass is 426 g/mol. The van der Waals surface area contributed by atoms with Crippen molar-refractivity contribution < 1.29 is 5.11 Å². The summed E-state index contributed by atoms with van der Waals surface area (Å²) in [5.74, 6) is 3.05. The number of hydrogen-bond donors (Lipinski definition) is 1. The molecule has 4 aliphatic carbocycles. The van der Waals surface area contributed by atoms with Gasteiger partial charge in [-0.1, -0.05) is 64.8 Å². The topological polar surface area (TPSA) is 20.2 Å². The highest BCUT2D eigenvalue weighted by molar-refractivity contribution is 5.32. The molecule has 1 heteroatoms. The summed E-state index contributed by atoms with van der Waals surface area (Å²) in [6, 6.07) is 0. The molecule has 4 aliphatic rings. The van der Waals surface area contributed by atoms with Crippen LogP contribution in [0, 0.1) is 45.3 Å². The molecule has 0 aromatic heterocycles. The van der Waals surface area contributed by atoms with Crippen LogP contribution in [0.5, 0.6) is 0 Å². The van der Waals surface area contributed by atoms with Crippen LogP contribution in [0.4, 0.5) is 0 Å².